The molecule has 5 aliphatic rings. The molecule has 4 saturated heterocycles. The van der Waals surface area contributed by atoms with E-state index in [1.54, 1.807) is 36.5 Å². The minimum absolute atomic E-state index is 0.0260. The molecule has 6 rings (SSSR count). The van der Waals surface area contributed by atoms with Crippen LogP contribution in [0.2, 0.25) is 0 Å². The Morgan fingerprint density at radius 1 is 0.894 bits per heavy atom. The molecule has 0 bridgehead atoms. The highest BCUT2D eigenvalue weighted by atomic mass is 16.8. The van der Waals surface area contributed by atoms with Crippen molar-refractivity contribution in [3.63, 3.8) is 0 Å². The number of pyridine rings is 1. The fourth-order valence-corrected chi connectivity index (χ4v) is 11.8. The SMILES string of the molecule is CCC(C(=O)C[C@@H](C)[C@@H](O)[C@H](C)[C@@H]1O[C@@H]([C@@H](CC)C(=O)O)CC[C@@H]1C)[C@H]1O[C@]2(C=CC(NC(=O)C(=O)NCc3ccccn3)[C@]3(CC[C@@](C)([C@H]4CC[C@](O)(CC)[C@H](C)O4)O3)O2)[C@H](C)C[C@@H]1C. The number of carbonyl (C=O) groups is 4. The van der Waals surface area contributed by atoms with E-state index in [4.69, 9.17) is 23.7 Å². The summed E-state index contributed by atoms with van der Waals surface area (Å²) in [5.74, 6) is -7.47. The molecule has 1 aromatic rings. The average Bonchev–Trinajstić information content (AvgIpc) is 3.63. The third-order valence-electron chi connectivity index (χ3n) is 16.3. The Morgan fingerprint density at radius 3 is 2.26 bits per heavy atom. The number of carboxylic acid groups (broad SMARTS) is 1. The molecule has 1 aromatic heterocycles. The van der Waals surface area contributed by atoms with Crippen molar-refractivity contribution in [1.29, 1.82) is 0 Å². The monoisotopic (exact) mass is 926 g/mol. The number of amides is 2. The molecule has 2 unspecified atom stereocenters. The van der Waals surface area contributed by atoms with Crippen LogP contribution in [0.4, 0.5) is 0 Å². The summed E-state index contributed by atoms with van der Waals surface area (Å²) in [5, 5.41) is 38.4. The van der Waals surface area contributed by atoms with E-state index in [-0.39, 0.29) is 48.5 Å². The van der Waals surface area contributed by atoms with E-state index in [1.807, 2.05) is 55.4 Å². The van der Waals surface area contributed by atoms with Gasteiger partial charge in [0.05, 0.1) is 66.0 Å². The maximum atomic E-state index is 14.5. The normalized spacial score (nSPS) is 39.1. The lowest BCUT2D eigenvalue weighted by Crippen LogP contribution is -2.66. The van der Waals surface area contributed by atoms with Gasteiger partial charge in [0.1, 0.15) is 11.8 Å². The van der Waals surface area contributed by atoms with Crippen molar-refractivity contribution < 1.29 is 58.2 Å². The second-order valence-corrected chi connectivity index (χ2v) is 20.9. The minimum Gasteiger partial charge on any atom is -0.481 e. The van der Waals surface area contributed by atoms with Crippen LogP contribution in [-0.4, -0.2) is 109 Å². The molecule has 0 saturated carbocycles. The first-order valence-corrected chi connectivity index (χ1v) is 24.9. The van der Waals surface area contributed by atoms with E-state index in [9.17, 15) is 34.5 Å². The number of aliphatic hydroxyl groups excluding tert-OH is 1. The molecule has 15 heteroatoms. The molecule has 0 aliphatic carbocycles. The minimum atomic E-state index is -1.50. The van der Waals surface area contributed by atoms with Gasteiger partial charge in [-0.1, -0.05) is 67.5 Å². The maximum Gasteiger partial charge on any atom is 0.309 e. The lowest BCUT2D eigenvalue weighted by atomic mass is 9.74. The summed E-state index contributed by atoms with van der Waals surface area (Å²) in [6, 6.07) is 4.42. The zero-order chi connectivity index (χ0) is 48.4. The number of ketones is 1. The third kappa shape index (κ3) is 10.8. The van der Waals surface area contributed by atoms with Gasteiger partial charge in [-0.15, -0.1) is 0 Å². The van der Waals surface area contributed by atoms with Gasteiger partial charge in [-0.2, -0.15) is 0 Å². The largest absolute Gasteiger partial charge is 0.481 e. The highest BCUT2D eigenvalue weighted by Gasteiger charge is 2.63. The van der Waals surface area contributed by atoms with Gasteiger partial charge in [-0.25, -0.2) is 0 Å². The molecule has 6 heterocycles. The molecule has 5 aliphatic heterocycles. The number of hydrogen-bond donors (Lipinski definition) is 5. The van der Waals surface area contributed by atoms with Crippen LogP contribution in [0.5, 0.6) is 0 Å². The second kappa shape index (κ2) is 21.1. The smallest absolute Gasteiger partial charge is 0.309 e. The van der Waals surface area contributed by atoms with Crippen molar-refractivity contribution in [2.24, 2.45) is 41.4 Å². The van der Waals surface area contributed by atoms with Crippen LogP contribution in [0.15, 0.2) is 36.5 Å². The van der Waals surface area contributed by atoms with E-state index < -0.39 is 94.9 Å². The highest BCUT2D eigenvalue weighted by Crippen LogP contribution is 2.54. The van der Waals surface area contributed by atoms with Gasteiger partial charge in [0.2, 0.25) is 0 Å². The van der Waals surface area contributed by atoms with Crippen LogP contribution in [-0.2, 0) is 49.4 Å². The Labute approximate surface area is 391 Å². The van der Waals surface area contributed by atoms with Gasteiger partial charge in [-0.3, -0.25) is 24.2 Å². The molecule has 66 heavy (non-hydrogen) atoms. The van der Waals surface area contributed by atoms with E-state index in [1.165, 1.54) is 0 Å². The van der Waals surface area contributed by atoms with Crippen LogP contribution < -0.4 is 10.6 Å². The van der Waals surface area contributed by atoms with E-state index in [0.29, 0.717) is 63.5 Å². The number of nitrogens with one attached hydrogen (secondary N) is 2. The third-order valence-corrected chi connectivity index (χ3v) is 16.3. The van der Waals surface area contributed by atoms with Crippen molar-refractivity contribution in [3.05, 3.63) is 42.2 Å². The average molecular weight is 926 g/mol. The quantitative estimate of drug-likeness (QED) is 0.0897. The topological polar surface area (TPSA) is 212 Å². The first-order valence-electron chi connectivity index (χ1n) is 24.9. The molecule has 4 fully saturated rings. The number of hydrogen-bond acceptors (Lipinski definition) is 12. The Bertz CT molecular complexity index is 1890. The van der Waals surface area contributed by atoms with Crippen LogP contribution >= 0.6 is 0 Å². The van der Waals surface area contributed by atoms with Gasteiger partial charge in [0, 0.05) is 36.8 Å². The van der Waals surface area contributed by atoms with E-state index in [2.05, 4.69) is 29.5 Å². The summed E-state index contributed by atoms with van der Waals surface area (Å²) in [6.07, 6.45) is 7.78. The van der Waals surface area contributed by atoms with Crippen LogP contribution in [0.25, 0.3) is 0 Å². The Morgan fingerprint density at radius 2 is 1.62 bits per heavy atom. The van der Waals surface area contributed by atoms with Crippen molar-refractivity contribution in [1.82, 2.24) is 15.6 Å². The Kier molecular flexibility index (Phi) is 16.7. The van der Waals surface area contributed by atoms with Gasteiger partial charge >= 0.3 is 17.8 Å². The van der Waals surface area contributed by atoms with Crippen LogP contribution in [0.3, 0.4) is 0 Å². The van der Waals surface area contributed by atoms with Gasteiger partial charge in [0.25, 0.3) is 0 Å². The number of Topliss-reactive ketones (excluding diaryl/α,β-unsaturated/α-hetero) is 1. The maximum absolute atomic E-state index is 14.5. The van der Waals surface area contributed by atoms with Crippen molar-refractivity contribution in [3.8, 4) is 0 Å². The molecule has 18 atom stereocenters. The molecule has 2 spiro atoms. The van der Waals surface area contributed by atoms with Crippen molar-refractivity contribution >= 4 is 23.6 Å². The fraction of sp³-hybridized carbons (Fsp3) is 0.784. The molecule has 0 radical (unpaired) electrons. The predicted molar refractivity (Wildman–Crippen MR) is 245 cm³/mol. The summed E-state index contributed by atoms with van der Waals surface area (Å²) in [4.78, 5) is 57.6. The highest BCUT2D eigenvalue weighted by molar-refractivity contribution is 6.35. The van der Waals surface area contributed by atoms with E-state index in [0.717, 1.165) is 6.42 Å². The number of carbonyl (C=O) groups excluding carboxylic acids is 3. The van der Waals surface area contributed by atoms with Crippen LogP contribution in [0.1, 0.15) is 146 Å². The molecule has 0 aromatic carbocycles. The summed E-state index contributed by atoms with van der Waals surface area (Å²) in [7, 11) is 0. The Hall–Kier alpha value is -3.31. The second-order valence-electron chi connectivity index (χ2n) is 20.9. The van der Waals surface area contributed by atoms with Gasteiger partial charge in [-0.05, 0) is 108 Å². The predicted octanol–water partition coefficient (Wildman–Crippen LogP) is 6.41. The number of carboxylic acids is 1. The summed E-state index contributed by atoms with van der Waals surface area (Å²) >= 11 is 0. The number of rotatable bonds is 16. The summed E-state index contributed by atoms with van der Waals surface area (Å²) in [6.45, 7) is 19.7. The molecule has 5 N–H and O–H groups in total. The lowest BCUT2D eigenvalue weighted by molar-refractivity contribution is -0.398. The number of aliphatic carboxylic acids is 1. The van der Waals surface area contributed by atoms with Crippen molar-refractivity contribution in [2.75, 3.05) is 0 Å². The molecular formula is C51H79N3O12. The molecule has 370 valence electrons. The standard InChI is InChI=1S/C51H79N3O12/c1-11-36(38(55)27-30(5)42(56)33(8)43-29(4)17-18-39(63-43)37(12-2)47(59)60)44-31(6)26-32(7)50(64-44)22-19-40(54-46(58)45(57)53-28-35-16-14-15-25-52-35)51(66-50)24-23-48(10,65-51)41-20-21-49(61,13-3)34(9)62-41/h14-16,19,22,25,29-34,36-37,39-44,56,61H,11-13,17-18,20-21,23-24,26-28H2,1-10H3,(H,53,57)(H,54,58)(H,59,60)/t29-,30+,31-,32+,33-,34-,36?,37+,39+,40?,41+,42+,43+,44-,48-,49+,50-,51-/m0/s1. The first kappa shape index (κ1) is 52.1. The summed E-state index contributed by atoms with van der Waals surface area (Å²) in [5.41, 5.74) is -1.25. The van der Waals surface area contributed by atoms with Crippen molar-refractivity contribution in [2.45, 2.75) is 212 Å². The fourth-order valence-electron chi connectivity index (χ4n) is 11.8. The van der Waals surface area contributed by atoms with Gasteiger partial charge < -0.3 is 49.6 Å². The molecule has 2 amide bonds. The zero-order valence-corrected chi connectivity index (χ0v) is 41.0. The van der Waals surface area contributed by atoms with Gasteiger partial charge in [0.15, 0.2) is 11.6 Å². The summed E-state index contributed by atoms with van der Waals surface area (Å²) < 4.78 is 34.4. The first-order chi connectivity index (χ1) is 31.1. The number of nitrogens with zero attached hydrogens (tertiary/aromatic N) is 1. The van der Waals surface area contributed by atoms with E-state index >= 15 is 0 Å². The number of aliphatic hydroxyl groups is 2. The zero-order valence-electron chi connectivity index (χ0n) is 41.0. The lowest BCUT2D eigenvalue weighted by Gasteiger charge is -2.55. The molecular weight excluding hydrogens is 847 g/mol. The molecule has 15 nitrogen and oxygen atoms in total. The number of aromatic nitrogens is 1. The Balaban J connectivity index is 1.21. The number of ether oxygens (including phenoxy) is 5. The van der Waals surface area contributed by atoms with Crippen LogP contribution in [0, 0.1) is 41.4 Å².